The maximum atomic E-state index is 6.37. The van der Waals surface area contributed by atoms with Gasteiger partial charge in [0.25, 0.3) is 0 Å². The molecule has 0 aliphatic heterocycles. The molecule has 0 bridgehead atoms. The molecule has 1 saturated carbocycles. The molecule has 2 N–H and O–H groups in total. The van der Waals surface area contributed by atoms with Crippen molar-refractivity contribution in [2.24, 2.45) is 17.6 Å². The maximum absolute atomic E-state index is 6.37. The van der Waals surface area contributed by atoms with E-state index in [2.05, 4.69) is 39.6 Å². The molecule has 1 aliphatic rings. The normalized spacial score (nSPS) is 31.0. The molecule has 0 aromatic carbocycles. The molecular formula is C16H34N2. The Morgan fingerprint density at radius 3 is 2.44 bits per heavy atom. The average Bonchev–Trinajstić information content (AvgIpc) is 2.30. The standard InChI is InChI=1S/C16H34N2/c1-6-7-14-8-9-15(17)16(11-14)18(5)13(4)10-12(2)3/h12-16H,6-11,17H2,1-5H3. The Hall–Kier alpha value is -0.0800. The molecule has 0 saturated heterocycles. The lowest BCUT2D eigenvalue weighted by Crippen LogP contribution is -2.52. The van der Waals surface area contributed by atoms with Crippen molar-refractivity contribution >= 4 is 0 Å². The Morgan fingerprint density at radius 1 is 1.22 bits per heavy atom. The summed E-state index contributed by atoms with van der Waals surface area (Å²) in [5.74, 6) is 1.68. The zero-order valence-electron chi connectivity index (χ0n) is 13.2. The summed E-state index contributed by atoms with van der Waals surface area (Å²) < 4.78 is 0. The molecule has 2 heteroatoms. The molecule has 2 nitrogen and oxygen atoms in total. The van der Waals surface area contributed by atoms with Crippen LogP contribution in [0.5, 0.6) is 0 Å². The Labute approximate surface area is 114 Å². The zero-order chi connectivity index (χ0) is 13.7. The summed E-state index contributed by atoms with van der Waals surface area (Å²) >= 11 is 0. The minimum absolute atomic E-state index is 0.387. The molecule has 108 valence electrons. The fraction of sp³-hybridized carbons (Fsp3) is 1.00. The van der Waals surface area contributed by atoms with E-state index < -0.39 is 0 Å². The van der Waals surface area contributed by atoms with E-state index in [-0.39, 0.29) is 0 Å². The van der Waals surface area contributed by atoms with E-state index in [1.54, 1.807) is 0 Å². The van der Waals surface area contributed by atoms with E-state index in [1.165, 1.54) is 38.5 Å². The summed E-state index contributed by atoms with van der Waals surface area (Å²) in [6, 6.07) is 1.64. The molecule has 4 atom stereocenters. The lowest BCUT2D eigenvalue weighted by Gasteiger charge is -2.42. The van der Waals surface area contributed by atoms with E-state index in [0.29, 0.717) is 18.1 Å². The SMILES string of the molecule is CCCC1CCC(N)C(N(C)C(C)CC(C)C)C1. The highest BCUT2D eigenvalue weighted by molar-refractivity contribution is 4.90. The molecule has 0 heterocycles. The Balaban J connectivity index is 2.55. The fourth-order valence-corrected chi connectivity index (χ4v) is 3.57. The lowest BCUT2D eigenvalue weighted by atomic mass is 9.79. The third-order valence-corrected chi connectivity index (χ3v) is 4.71. The predicted octanol–water partition coefficient (Wildman–Crippen LogP) is 3.65. The van der Waals surface area contributed by atoms with Crippen LogP contribution in [0.25, 0.3) is 0 Å². The summed E-state index contributed by atoms with van der Waals surface area (Å²) in [7, 11) is 2.28. The molecule has 18 heavy (non-hydrogen) atoms. The summed E-state index contributed by atoms with van der Waals surface area (Å²) in [6.45, 7) is 9.28. The number of nitrogens with two attached hydrogens (primary N) is 1. The Bertz CT molecular complexity index is 227. The second-order valence-corrected chi connectivity index (χ2v) is 6.84. The van der Waals surface area contributed by atoms with Gasteiger partial charge in [-0.1, -0.05) is 33.6 Å². The first kappa shape index (κ1) is 16.0. The Morgan fingerprint density at radius 2 is 1.89 bits per heavy atom. The lowest BCUT2D eigenvalue weighted by molar-refractivity contribution is 0.0919. The molecule has 0 aromatic rings. The number of nitrogens with zero attached hydrogens (tertiary/aromatic N) is 1. The van der Waals surface area contributed by atoms with Crippen LogP contribution in [0.15, 0.2) is 0 Å². The van der Waals surface area contributed by atoms with Crippen LogP contribution >= 0.6 is 0 Å². The largest absolute Gasteiger partial charge is 0.326 e. The summed E-state index contributed by atoms with van der Waals surface area (Å²) in [5.41, 5.74) is 6.37. The van der Waals surface area contributed by atoms with Crippen LogP contribution in [0.2, 0.25) is 0 Å². The molecule has 1 rings (SSSR count). The van der Waals surface area contributed by atoms with Gasteiger partial charge in [0, 0.05) is 18.1 Å². The van der Waals surface area contributed by atoms with Crippen LogP contribution in [0, 0.1) is 11.8 Å². The zero-order valence-corrected chi connectivity index (χ0v) is 13.2. The van der Waals surface area contributed by atoms with Gasteiger partial charge >= 0.3 is 0 Å². The molecule has 0 spiro atoms. The van der Waals surface area contributed by atoms with Gasteiger partial charge in [-0.2, -0.15) is 0 Å². The third-order valence-electron chi connectivity index (χ3n) is 4.71. The summed E-state index contributed by atoms with van der Waals surface area (Å²) in [4.78, 5) is 2.56. The summed E-state index contributed by atoms with van der Waals surface area (Å²) in [6.07, 6.45) is 7.85. The molecule has 0 aromatic heterocycles. The first-order chi connectivity index (χ1) is 8.45. The van der Waals surface area contributed by atoms with Gasteiger partial charge in [-0.15, -0.1) is 0 Å². The van der Waals surface area contributed by atoms with Crippen molar-refractivity contribution in [1.29, 1.82) is 0 Å². The smallest absolute Gasteiger partial charge is 0.0249 e. The van der Waals surface area contributed by atoms with Gasteiger partial charge in [-0.3, -0.25) is 4.90 Å². The fourth-order valence-electron chi connectivity index (χ4n) is 3.57. The van der Waals surface area contributed by atoms with E-state index in [0.717, 1.165) is 11.8 Å². The van der Waals surface area contributed by atoms with Gasteiger partial charge in [0.1, 0.15) is 0 Å². The summed E-state index contributed by atoms with van der Waals surface area (Å²) in [5, 5.41) is 0. The van der Waals surface area contributed by atoms with E-state index in [1.807, 2.05) is 0 Å². The quantitative estimate of drug-likeness (QED) is 0.784. The average molecular weight is 254 g/mol. The first-order valence-corrected chi connectivity index (χ1v) is 7.93. The van der Waals surface area contributed by atoms with Gasteiger partial charge < -0.3 is 5.73 Å². The second-order valence-electron chi connectivity index (χ2n) is 6.84. The predicted molar refractivity (Wildman–Crippen MR) is 80.7 cm³/mol. The highest BCUT2D eigenvalue weighted by Crippen LogP contribution is 2.31. The van der Waals surface area contributed by atoms with Crippen molar-refractivity contribution in [1.82, 2.24) is 4.90 Å². The van der Waals surface area contributed by atoms with Crippen LogP contribution < -0.4 is 5.73 Å². The van der Waals surface area contributed by atoms with Crippen LogP contribution in [0.1, 0.15) is 66.2 Å². The molecular weight excluding hydrogens is 220 g/mol. The van der Waals surface area contributed by atoms with Crippen molar-refractivity contribution in [3.8, 4) is 0 Å². The van der Waals surface area contributed by atoms with Crippen molar-refractivity contribution < 1.29 is 0 Å². The number of rotatable bonds is 6. The van der Waals surface area contributed by atoms with E-state index >= 15 is 0 Å². The van der Waals surface area contributed by atoms with E-state index in [9.17, 15) is 0 Å². The van der Waals surface area contributed by atoms with Crippen molar-refractivity contribution in [3.63, 3.8) is 0 Å². The number of hydrogen-bond acceptors (Lipinski definition) is 2. The van der Waals surface area contributed by atoms with Crippen LogP contribution in [-0.4, -0.2) is 30.1 Å². The van der Waals surface area contributed by atoms with Gasteiger partial charge in [-0.05, 0) is 51.5 Å². The molecule has 0 amide bonds. The Kier molecular flexibility index (Phi) is 6.65. The van der Waals surface area contributed by atoms with Crippen LogP contribution in [0.4, 0.5) is 0 Å². The van der Waals surface area contributed by atoms with Gasteiger partial charge in [0.05, 0.1) is 0 Å². The van der Waals surface area contributed by atoms with Crippen molar-refractivity contribution in [2.45, 2.75) is 84.3 Å². The molecule has 1 aliphatic carbocycles. The van der Waals surface area contributed by atoms with Crippen molar-refractivity contribution in [2.75, 3.05) is 7.05 Å². The highest BCUT2D eigenvalue weighted by Gasteiger charge is 2.32. The van der Waals surface area contributed by atoms with Gasteiger partial charge in [-0.25, -0.2) is 0 Å². The van der Waals surface area contributed by atoms with Crippen LogP contribution in [-0.2, 0) is 0 Å². The first-order valence-electron chi connectivity index (χ1n) is 7.93. The minimum atomic E-state index is 0.387. The van der Waals surface area contributed by atoms with Crippen LogP contribution in [0.3, 0.4) is 0 Å². The topological polar surface area (TPSA) is 29.3 Å². The molecule has 1 fully saturated rings. The third kappa shape index (κ3) is 4.55. The highest BCUT2D eigenvalue weighted by atomic mass is 15.2. The minimum Gasteiger partial charge on any atom is -0.326 e. The number of likely N-dealkylation sites (N-methyl/N-ethyl adjacent to an activating group) is 1. The van der Waals surface area contributed by atoms with E-state index in [4.69, 9.17) is 5.73 Å². The van der Waals surface area contributed by atoms with Crippen molar-refractivity contribution in [3.05, 3.63) is 0 Å². The maximum Gasteiger partial charge on any atom is 0.0249 e. The van der Waals surface area contributed by atoms with Gasteiger partial charge in [0.15, 0.2) is 0 Å². The second kappa shape index (κ2) is 7.49. The molecule has 4 unspecified atom stereocenters. The molecule has 0 radical (unpaired) electrons. The number of hydrogen-bond donors (Lipinski definition) is 1. The van der Waals surface area contributed by atoms with Gasteiger partial charge in [0.2, 0.25) is 0 Å². The monoisotopic (exact) mass is 254 g/mol.